The number of allylic oxidation sites excluding steroid dienone is 1. The molecule has 1 aliphatic rings. The minimum atomic E-state index is -0.817. The van der Waals surface area contributed by atoms with Crippen molar-refractivity contribution in [3.05, 3.63) is 93.7 Å². The molecule has 0 saturated carbocycles. The molecule has 1 aromatic heterocycles. The van der Waals surface area contributed by atoms with Gasteiger partial charge in [-0.05, 0) is 36.8 Å². The van der Waals surface area contributed by atoms with Crippen LogP contribution in [0.2, 0.25) is 0 Å². The van der Waals surface area contributed by atoms with Gasteiger partial charge in [-0.25, -0.2) is 4.68 Å². The number of anilines is 2. The van der Waals surface area contributed by atoms with Crippen molar-refractivity contribution in [1.82, 2.24) is 14.8 Å². The van der Waals surface area contributed by atoms with Crippen molar-refractivity contribution in [1.29, 1.82) is 0 Å². The van der Waals surface area contributed by atoms with E-state index in [4.69, 9.17) is 19.3 Å². The predicted molar refractivity (Wildman–Crippen MR) is 148 cm³/mol. The second-order valence-corrected chi connectivity index (χ2v) is 8.86. The fraction of sp³-hybridized carbons (Fsp3) is 0.179. The van der Waals surface area contributed by atoms with Gasteiger partial charge < -0.3 is 24.8 Å². The Morgan fingerprint density at radius 2 is 1.70 bits per heavy atom. The highest BCUT2D eigenvalue weighted by molar-refractivity contribution is 6.06. The molecule has 0 spiro atoms. The van der Waals surface area contributed by atoms with E-state index in [1.807, 2.05) is 18.2 Å². The number of benzene rings is 3. The molecular weight excluding hydrogens is 516 g/mol. The fourth-order valence-electron chi connectivity index (χ4n) is 4.61. The van der Waals surface area contributed by atoms with Gasteiger partial charge in [-0.2, -0.15) is 4.98 Å². The van der Waals surface area contributed by atoms with Gasteiger partial charge in [0.15, 0.2) is 17.3 Å². The molecule has 12 heteroatoms. The van der Waals surface area contributed by atoms with Gasteiger partial charge in [-0.3, -0.25) is 14.9 Å². The van der Waals surface area contributed by atoms with E-state index in [1.165, 1.54) is 33.5 Å². The molecule has 12 nitrogen and oxygen atoms in total. The molecule has 2 heterocycles. The molecule has 40 heavy (non-hydrogen) atoms. The molecule has 1 unspecified atom stereocenters. The molecule has 1 aliphatic heterocycles. The van der Waals surface area contributed by atoms with E-state index < -0.39 is 11.0 Å². The summed E-state index contributed by atoms with van der Waals surface area (Å²) in [5.74, 6) is 1.55. The van der Waals surface area contributed by atoms with Crippen molar-refractivity contribution in [3.8, 4) is 28.6 Å². The molecule has 4 aromatic rings. The third-order valence-electron chi connectivity index (χ3n) is 6.45. The molecule has 1 amide bonds. The van der Waals surface area contributed by atoms with E-state index >= 15 is 0 Å². The van der Waals surface area contributed by atoms with Crippen molar-refractivity contribution in [2.24, 2.45) is 0 Å². The number of nitrogens with one attached hydrogen (secondary N) is 2. The Bertz CT molecular complexity index is 1610. The first-order valence-electron chi connectivity index (χ1n) is 12.2. The second kappa shape index (κ2) is 10.8. The summed E-state index contributed by atoms with van der Waals surface area (Å²) >= 11 is 0. The van der Waals surface area contributed by atoms with E-state index in [2.05, 4.69) is 15.6 Å². The molecule has 0 aliphatic carbocycles. The first kappa shape index (κ1) is 26.2. The Labute approximate surface area is 229 Å². The summed E-state index contributed by atoms with van der Waals surface area (Å²) in [5.41, 5.74) is 2.43. The number of carbonyl (C=O) groups excluding carboxylic acids is 1. The normalized spacial score (nSPS) is 14.2. The monoisotopic (exact) mass is 542 g/mol. The smallest absolute Gasteiger partial charge is 0.269 e. The van der Waals surface area contributed by atoms with Crippen molar-refractivity contribution < 1.29 is 23.9 Å². The summed E-state index contributed by atoms with van der Waals surface area (Å²) in [6.07, 6.45) is 0. The number of non-ortho nitro benzene ring substituents is 1. The number of rotatable bonds is 8. The topological polar surface area (TPSA) is 143 Å². The summed E-state index contributed by atoms with van der Waals surface area (Å²) in [6, 6.07) is 17.8. The lowest BCUT2D eigenvalue weighted by atomic mass is 9.94. The van der Waals surface area contributed by atoms with Crippen LogP contribution in [-0.4, -0.2) is 46.9 Å². The number of amides is 1. The molecule has 1 atom stereocenters. The second-order valence-electron chi connectivity index (χ2n) is 8.86. The molecule has 3 aromatic carbocycles. The van der Waals surface area contributed by atoms with Crippen molar-refractivity contribution >= 4 is 23.2 Å². The van der Waals surface area contributed by atoms with Crippen LogP contribution in [-0.2, 0) is 4.79 Å². The standard InChI is InChI=1S/C28H26N6O6/c1-16-23(27(35)30-19-10-6-5-7-11-19)24(17-9-8-12-20(13-17)34(36)37)33-28(29-16)31-26(32-33)18-14-21(38-2)25(40-4)22(15-18)39-3/h5-15,24H,1-4H3,(H,30,35)(H,29,31,32). The molecule has 5 rings (SSSR count). The number of hydrogen-bond acceptors (Lipinski definition) is 9. The molecule has 204 valence electrons. The Hall–Kier alpha value is -5.39. The fourth-order valence-corrected chi connectivity index (χ4v) is 4.61. The Balaban J connectivity index is 1.65. The van der Waals surface area contributed by atoms with E-state index in [9.17, 15) is 14.9 Å². The Kier molecular flexibility index (Phi) is 7.06. The van der Waals surface area contributed by atoms with Crippen LogP contribution in [0, 0.1) is 10.1 Å². The average Bonchev–Trinajstić information content (AvgIpc) is 3.39. The highest BCUT2D eigenvalue weighted by Gasteiger charge is 2.35. The highest BCUT2D eigenvalue weighted by Crippen LogP contribution is 2.42. The minimum absolute atomic E-state index is 0.108. The van der Waals surface area contributed by atoms with Crippen LogP contribution in [0.1, 0.15) is 18.5 Å². The third-order valence-corrected chi connectivity index (χ3v) is 6.45. The van der Waals surface area contributed by atoms with Crippen molar-refractivity contribution in [2.75, 3.05) is 32.0 Å². The van der Waals surface area contributed by atoms with Gasteiger partial charge >= 0.3 is 0 Å². The first-order valence-corrected chi connectivity index (χ1v) is 12.2. The van der Waals surface area contributed by atoms with Crippen molar-refractivity contribution in [3.63, 3.8) is 0 Å². The lowest BCUT2D eigenvalue weighted by Crippen LogP contribution is -2.31. The van der Waals surface area contributed by atoms with Gasteiger partial charge in [-0.1, -0.05) is 30.3 Å². The van der Waals surface area contributed by atoms with Crippen LogP contribution in [0.4, 0.5) is 17.3 Å². The van der Waals surface area contributed by atoms with Crippen molar-refractivity contribution in [2.45, 2.75) is 13.0 Å². The largest absolute Gasteiger partial charge is 0.493 e. The van der Waals surface area contributed by atoms with Crippen LogP contribution in [0.3, 0.4) is 0 Å². The molecular formula is C28H26N6O6. The number of fused-ring (bicyclic) bond motifs is 1. The molecule has 0 saturated heterocycles. The van der Waals surface area contributed by atoms with E-state index in [-0.39, 0.29) is 11.6 Å². The number of nitro benzene ring substituents is 1. The number of para-hydroxylation sites is 1. The van der Waals surface area contributed by atoms with Crippen LogP contribution in [0.5, 0.6) is 17.2 Å². The summed E-state index contributed by atoms with van der Waals surface area (Å²) < 4.78 is 17.9. The molecule has 0 radical (unpaired) electrons. The van der Waals surface area contributed by atoms with Crippen LogP contribution in [0.15, 0.2) is 78.0 Å². The zero-order chi connectivity index (χ0) is 28.4. The Morgan fingerprint density at radius 1 is 1.00 bits per heavy atom. The van der Waals surface area contributed by atoms with E-state index in [0.717, 1.165) is 0 Å². The van der Waals surface area contributed by atoms with Gasteiger partial charge in [0.25, 0.3) is 11.6 Å². The third kappa shape index (κ3) is 4.77. The number of hydrogen-bond donors (Lipinski definition) is 2. The number of ether oxygens (including phenoxy) is 3. The average molecular weight is 543 g/mol. The number of carbonyl (C=O) groups is 1. The highest BCUT2D eigenvalue weighted by atomic mass is 16.6. The maximum absolute atomic E-state index is 13.7. The lowest BCUT2D eigenvalue weighted by molar-refractivity contribution is -0.384. The minimum Gasteiger partial charge on any atom is -0.493 e. The van der Waals surface area contributed by atoms with Gasteiger partial charge in [-0.15, -0.1) is 5.10 Å². The van der Waals surface area contributed by atoms with E-state index in [1.54, 1.807) is 48.0 Å². The maximum atomic E-state index is 13.7. The zero-order valence-electron chi connectivity index (χ0n) is 22.2. The Morgan fingerprint density at radius 3 is 2.33 bits per heavy atom. The quantitative estimate of drug-likeness (QED) is 0.237. The van der Waals surface area contributed by atoms with E-state index in [0.29, 0.717) is 57.1 Å². The van der Waals surface area contributed by atoms with Gasteiger partial charge in [0.05, 0.1) is 31.8 Å². The van der Waals surface area contributed by atoms with Gasteiger partial charge in [0.2, 0.25) is 11.7 Å². The van der Waals surface area contributed by atoms with Crippen LogP contribution >= 0.6 is 0 Å². The summed E-state index contributed by atoms with van der Waals surface area (Å²) in [7, 11) is 4.53. The van der Waals surface area contributed by atoms with Gasteiger partial charge in [0, 0.05) is 29.1 Å². The SMILES string of the molecule is COc1cc(-c2nc3n(n2)C(c2cccc([N+](=O)[O-])c2)C(C(=O)Nc2ccccc2)=C(C)N3)cc(OC)c1OC. The lowest BCUT2D eigenvalue weighted by Gasteiger charge is -2.28. The summed E-state index contributed by atoms with van der Waals surface area (Å²) in [4.78, 5) is 29.5. The molecule has 0 bridgehead atoms. The summed E-state index contributed by atoms with van der Waals surface area (Å²) in [6.45, 7) is 1.75. The number of nitrogens with zero attached hydrogens (tertiary/aromatic N) is 4. The maximum Gasteiger partial charge on any atom is 0.269 e. The van der Waals surface area contributed by atoms with Crippen LogP contribution < -0.4 is 24.8 Å². The summed E-state index contributed by atoms with van der Waals surface area (Å²) in [5, 5.41) is 22.4. The number of methoxy groups -OCH3 is 3. The van der Waals surface area contributed by atoms with Crippen LogP contribution in [0.25, 0.3) is 11.4 Å². The molecule has 0 fully saturated rings. The van der Waals surface area contributed by atoms with Gasteiger partial charge in [0.1, 0.15) is 6.04 Å². The first-order chi connectivity index (χ1) is 19.3. The zero-order valence-corrected chi connectivity index (χ0v) is 22.2. The number of nitro groups is 1. The number of aromatic nitrogens is 3. The predicted octanol–water partition coefficient (Wildman–Crippen LogP) is 4.81. The molecule has 2 N–H and O–H groups in total.